The average Bonchev–Trinajstić information content (AvgIpc) is 3.32. The highest BCUT2D eigenvalue weighted by molar-refractivity contribution is 7.07. The molecule has 2 heterocycles. The monoisotopic (exact) mass is 403 g/mol. The number of hydrogen-bond donors (Lipinski definition) is 0. The molecular formula is C19H15F2N3O3S. The lowest BCUT2D eigenvalue weighted by Gasteiger charge is -2.06. The first-order valence-electron chi connectivity index (χ1n) is 8.26. The minimum absolute atomic E-state index is 0.102. The lowest BCUT2D eigenvalue weighted by atomic mass is 10.2. The van der Waals surface area contributed by atoms with E-state index in [0.717, 1.165) is 16.8 Å². The normalized spacial score (nSPS) is 13.6. The quantitative estimate of drug-likeness (QED) is 0.606. The lowest BCUT2D eigenvalue weighted by Crippen LogP contribution is -2.11. The Hall–Kier alpha value is -3.20. The molecule has 0 unspecified atom stereocenters. The van der Waals surface area contributed by atoms with Crippen LogP contribution in [0.1, 0.15) is 5.56 Å². The topological polar surface area (TPSA) is 57.3 Å². The van der Waals surface area contributed by atoms with E-state index < -0.39 is 6.61 Å². The summed E-state index contributed by atoms with van der Waals surface area (Å²) >= 11 is 1.43. The molecule has 0 aliphatic carbocycles. The molecule has 1 aliphatic rings. The molecule has 0 saturated heterocycles. The van der Waals surface area contributed by atoms with Gasteiger partial charge in [0.1, 0.15) is 5.75 Å². The van der Waals surface area contributed by atoms with Crippen LogP contribution in [-0.4, -0.2) is 31.3 Å². The van der Waals surface area contributed by atoms with Crippen LogP contribution in [0.15, 0.2) is 57.9 Å². The van der Waals surface area contributed by atoms with E-state index in [0.29, 0.717) is 16.3 Å². The van der Waals surface area contributed by atoms with Crippen molar-refractivity contribution in [2.24, 2.45) is 10.1 Å². The fourth-order valence-electron chi connectivity index (χ4n) is 2.69. The standard InChI is InChI=1S/C19H15F2N3O3S/c1-22-19-24(23-9-12-2-7-16-17(8-12)26-11-25-16)15(10-28-19)13-3-5-14(6-4-13)27-18(20)21/h2-10,18H,11H2,1H3. The highest BCUT2D eigenvalue weighted by Crippen LogP contribution is 2.32. The summed E-state index contributed by atoms with van der Waals surface area (Å²) in [6.07, 6.45) is 1.70. The van der Waals surface area contributed by atoms with Crippen LogP contribution in [0.2, 0.25) is 0 Å². The van der Waals surface area contributed by atoms with Gasteiger partial charge in [-0.3, -0.25) is 4.99 Å². The number of nitrogens with zero attached hydrogens (tertiary/aromatic N) is 3. The molecule has 3 aromatic rings. The Morgan fingerprint density at radius 3 is 2.68 bits per heavy atom. The summed E-state index contributed by atoms with van der Waals surface area (Å²) in [5, 5.41) is 6.45. The van der Waals surface area contributed by atoms with Gasteiger partial charge in [-0.15, -0.1) is 11.3 Å². The Morgan fingerprint density at radius 2 is 1.93 bits per heavy atom. The molecule has 0 fully saturated rings. The Labute approximate surface area is 163 Å². The molecule has 0 radical (unpaired) electrons. The summed E-state index contributed by atoms with van der Waals surface area (Å²) in [7, 11) is 1.68. The van der Waals surface area contributed by atoms with Crippen molar-refractivity contribution in [3.8, 4) is 28.5 Å². The maximum Gasteiger partial charge on any atom is 0.387 e. The number of halogens is 2. The van der Waals surface area contributed by atoms with Crippen molar-refractivity contribution in [3.63, 3.8) is 0 Å². The van der Waals surface area contributed by atoms with Gasteiger partial charge in [-0.2, -0.15) is 13.9 Å². The van der Waals surface area contributed by atoms with Crippen LogP contribution in [0, 0.1) is 0 Å². The first-order valence-corrected chi connectivity index (χ1v) is 9.14. The van der Waals surface area contributed by atoms with Crippen LogP contribution in [-0.2, 0) is 0 Å². The summed E-state index contributed by atoms with van der Waals surface area (Å²) < 4.78 is 41.4. The van der Waals surface area contributed by atoms with Gasteiger partial charge < -0.3 is 14.2 Å². The van der Waals surface area contributed by atoms with Crippen molar-refractivity contribution in [1.82, 2.24) is 4.68 Å². The van der Waals surface area contributed by atoms with Crippen molar-refractivity contribution in [1.29, 1.82) is 0 Å². The minimum Gasteiger partial charge on any atom is -0.454 e. The van der Waals surface area contributed by atoms with Gasteiger partial charge in [0.25, 0.3) is 0 Å². The van der Waals surface area contributed by atoms with Gasteiger partial charge in [-0.05, 0) is 48.0 Å². The van der Waals surface area contributed by atoms with E-state index in [1.807, 2.05) is 23.6 Å². The van der Waals surface area contributed by atoms with Crippen LogP contribution in [0.25, 0.3) is 11.3 Å². The van der Waals surface area contributed by atoms with Crippen LogP contribution in [0.5, 0.6) is 17.2 Å². The average molecular weight is 403 g/mol. The molecule has 2 aromatic carbocycles. The third-order valence-corrected chi connectivity index (χ3v) is 4.88. The van der Waals surface area contributed by atoms with Gasteiger partial charge in [0.05, 0.1) is 11.9 Å². The van der Waals surface area contributed by atoms with E-state index in [2.05, 4.69) is 14.8 Å². The molecule has 1 aliphatic heterocycles. The molecule has 28 heavy (non-hydrogen) atoms. The van der Waals surface area contributed by atoms with E-state index in [1.54, 1.807) is 30.1 Å². The highest BCUT2D eigenvalue weighted by Gasteiger charge is 2.13. The summed E-state index contributed by atoms with van der Waals surface area (Å²) in [6.45, 7) is -2.64. The largest absolute Gasteiger partial charge is 0.454 e. The number of ether oxygens (including phenoxy) is 3. The maximum absolute atomic E-state index is 12.3. The third kappa shape index (κ3) is 3.74. The lowest BCUT2D eigenvalue weighted by molar-refractivity contribution is -0.0498. The van der Waals surface area contributed by atoms with Crippen molar-refractivity contribution in [2.45, 2.75) is 6.61 Å². The fraction of sp³-hybridized carbons (Fsp3) is 0.158. The molecule has 0 N–H and O–H groups in total. The molecule has 0 amide bonds. The van der Waals surface area contributed by atoms with Crippen LogP contribution in [0.3, 0.4) is 0 Å². The van der Waals surface area contributed by atoms with E-state index in [4.69, 9.17) is 9.47 Å². The summed E-state index contributed by atoms with van der Waals surface area (Å²) in [5.74, 6) is 1.48. The second-order valence-electron chi connectivity index (χ2n) is 5.70. The van der Waals surface area contributed by atoms with Gasteiger partial charge in [0.2, 0.25) is 11.6 Å². The Bertz CT molecular complexity index is 1070. The second kappa shape index (κ2) is 7.81. The predicted molar refractivity (Wildman–Crippen MR) is 101 cm³/mol. The second-order valence-corrected chi connectivity index (χ2v) is 6.54. The number of thiazole rings is 1. The Kier molecular flexibility index (Phi) is 5.07. The zero-order chi connectivity index (χ0) is 19.5. The van der Waals surface area contributed by atoms with Crippen LogP contribution in [0.4, 0.5) is 8.78 Å². The van der Waals surface area contributed by atoms with Crippen molar-refractivity contribution < 1.29 is 23.0 Å². The number of alkyl halides is 2. The van der Waals surface area contributed by atoms with Gasteiger partial charge in [0, 0.05) is 18.0 Å². The first-order chi connectivity index (χ1) is 13.6. The molecule has 0 bridgehead atoms. The van der Waals surface area contributed by atoms with Crippen molar-refractivity contribution in [2.75, 3.05) is 13.8 Å². The molecule has 6 nitrogen and oxygen atoms in total. The first kappa shape index (κ1) is 18.2. The predicted octanol–water partition coefficient (Wildman–Crippen LogP) is 3.96. The van der Waals surface area contributed by atoms with E-state index >= 15 is 0 Å². The number of hydrogen-bond acceptors (Lipinski definition) is 6. The molecule has 0 saturated carbocycles. The molecule has 0 spiro atoms. The molecule has 4 rings (SSSR count). The van der Waals surface area contributed by atoms with Gasteiger partial charge in [-0.1, -0.05) is 0 Å². The summed E-state index contributed by atoms with van der Waals surface area (Å²) in [6, 6.07) is 11.9. The number of aromatic nitrogens is 1. The summed E-state index contributed by atoms with van der Waals surface area (Å²) in [5.41, 5.74) is 2.43. The fourth-order valence-corrected chi connectivity index (χ4v) is 3.49. The molecular weight excluding hydrogens is 388 g/mol. The van der Waals surface area contributed by atoms with E-state index in [1.165, 1.54) is 23.5 Å². The van der Waals surface area contributed by atoms with Crippen molar-refractivity contribution >= 4 is 17.6 Å². The third-order valence-electron chi connectivity index (χ3n) is 3.97. The molecule has 0 atom stereocenters. The zero-order valence-electron chi connectivity index (χ0n) is 14.7. The minimum atomic E-state index is -2.85. The smallest absolute Gasteiger partial charge is 0.387 e. The molecule has 144 valence electrons. The number of benzene rings is 2. The van der Waals surface area contributed by atoms with Crippen LogP contribution >= 0.6 is 11.3 Å². The zero-order valence-corrected chi connectivity index (χ0v) is 15.5. The Morgan fingerprint density at radius 1 is 1.14 bits per heavy atom. The highest BCUT2D eigenvalue weighted by atomic mass is 32.1. The summed E-state index contributed by atoms with van der Waals surface area (Å²) in [4.78, 5) is 4.94. The van der Waals surface area contributed by atoms with Gasteiger partial charge in [-0.25, -0.2) is 4.68 Å². The Balaban J connectivity index is 1.65. The van der Waals surface area contributed by atoms with E-state index in [9.17, 15) is 8.78 Å². The van der Waals surface area contributed by atoms with Gasteiger partial charge in [0.15, 0.2) is 11.5 Å². The number of fused-ring (bicyclic) bond motifs is 1. The van der Waals surface area contributed by atoms with Crippen molar-refractivity contribution in [3.05, 3.63) is 58.2 Å². The number of rotatable bonds is 5. The maximum atomic E-state index is 12.3. The van der Waals surface area contributed by atoms with Gasteiger partial charge >= 0.3 is 6.61 Å². The molecule has 1 aromatic heterocycles. The SMILES string of the molecule is CN=c1scc(-c2ccc(OC(F)F)cc2)n1N=Cc1ccc2c(c1)OCO2. The van der Waals surface area contributed by atoms with Crippen LogP contribution < -0.4 is 19.0 Å². The molecule has 9 heteroatoms. The van der Waals surface area contributed by atoms with E-state index in [-0.39, 0.29) is 12.5 Å².